The molecule has 0 fully saturated rings. The van der Waals surface area contributed by atoms with E-state index in [4.69, 9.17) is 18.0 Å². The maximum Gasteiger partial charge on any atom is 0.104 e. The predicted molar refractivity (Wildman–Crippen MR) is 96.5 cm³/mol. The molecule has 2 aromatic carbocycles. The van der Waals surface area contributed by atoms with Gasteiger partial charge in [-0.3, -0.25) is 4.21 Å². The number of anilines is 1. The molecule has 0 radical (unpaired) electrons. The first-order chi connectivity index (χ1) is 9.99. The van der Waals surface area contributed by atoms with Crippen molar-refractivity contribution in [2.24, 2.45) is 5.73 Å². The highest BCUT2D eigenvalue weighted by Gasteiger charge is 2.10. The van der Waals surface area contributed by atoms with Crippen LogP contribution >= 0.6 is 12.2 Å². The zero-order valence-electron chi connectivity index (χ0n) is 12.3. The average Bonchev–Trinajstić information content (AvgIpc) is 2.45. The SMILES string of the molecule is CC(CCS(C)=O)Nc1ccc(C(N)=S)c2ccccc12. The fourth-order valence-corrected chi connectivity index (χ4v) is 3.18. The van der Waals surface area contributed by atoms with Crippen LogP contribution in [0.2, 0.25) is 0 Å². The summed E-state index contributed by atoms with van der Waals surface area (Å²) in [6, 6.07) is 12.3. The molecule has 0 bridgehead atoms. The van der Waals surface area contributed by atoms with E-state index in [1.54, 1.807) is 6.26 Å². The maximum atomic E-state index is 11.2. The van der Waals surface area contributed by atoms with Gasteiger partial charge in [-0.2, -0.15) is 0 Å². The molecule has 0 aliphatic heterocycles. The molecule has 0 saturated heterocycles. The second-order valence-corrected chi connectivity index (χ2v) is 7.18. The van der Waals surface area contributed by atoms with Crippen LogP contribution in [0, 0.1) is 0 Å². The van der Waals surface area contributed by atoms with E-state index in [1.807, 2.05) is 30.3 Å². The number of benzene rings is 2. The Bertz CT molecular complexity index is 685. The van der Waals surface area contributed by atoms with Gasteiger partial charge >= 0.3 is 0 Å². The monoisotopic (exact) mass is 320 g/mol. The van der Waals surface area contributed by atoms with Crippen molar-refractivity contribution in [2.45, 2.75) is 19.4 Å². The summed E-state index contributed by atoms with van der Waals surface area (Å²) in [4.78, 5) is 0.409. The lowest BCUT2D eigenvalue weighted by atomic mass is 10.0. The molecule has 0 aliphatic rings. The van der Waals surface area contributed by atoms with E-state index in [0.29, 0.717) is 10.7 Å². The van der Waals surface area contributed by atoms with Gasteiger partial charge in [0.25, 0.3) is 0 Å². The Morgan fingerprint density at radius 3 is 2.57 bits per heavy atom. The van der Waals surface area contributed by atoms with Crippen molar-refractivity contribution in [2.75, 3.05) is 17.3 Å². The number of rotatable bonds is 6. The average molecular weight is 320 g/mol. The number of nitrogens with two attached hydrogens (primary N) is 1. The molecule has 0 heterocycles. The van der Waals surface area contributed by atoms with Crippen LogP contribution in [0.25, 0.3) is 10.8 Å². The first kappa shape index (κ1) is 15.9. The molecule has 0 spiro atoms. The lowest BCUT2D eigenvalue weighted by Crippen LogP contribution is -2.18. The van der Waals surface area contributed by atoms with Gasteiger partial charge in [0.15, 0.2) is 0 Å². The van der Waals surface area contributed by atoms with Crippen molar-refractivity contribution in [3.63, 3.8) is 0 Å². The minimum Gasteiger partial charge on any atom is -0.389 e. The van der Waals surface area contributed by atoms with Gasteiger partial charge in [0.2, 0.25) is 0 Å². The van der Waals surface area contributed by atoms with E-state index in [-0.39, 0.29) is 6.04 Å². The molecule has 2 unspecified atom stereocenters. The van der Waals surface area contributed by atoms with E-state index < -0.39 is 10.8 Å². The second-order valence-electron chi connectivity index (χ2n) is 5.18. The third kappa shape index (κ3) is 4.02. The summed E-state index contributed by atoms with van der Waals surface area (Å²) in [5, 5.41) is 5.65. The van der Waals surface area contributed by atoms with Crippen molar-refractivity contribution in [3.05, 3.63) is 42.0 Å². The van der Waals surface area contributed by atoms with Gasteiger partial charge in [0.1, 0.15) is 4.99 Å². The quantitative estimate of drug-likeness (QED) is 0.803. The summed E-state index contributed by atoms with van der Waals surface area (Å²) in [5.41, 5.74) is 7.74. The Labute approximate surface area is 133 Å². The minimum atomic E-state index is -0.755. The molecule has 0 saturated carbocycles. The highest BCUT2D eigenvalue weighted by Crippen LogP contribution is 2.27. The Morgan fingerprint density at radius 1 is 1.29 bits per heavy atom. The van der Waals surface area contributed by atoms with Crippen LogP contribution in [0.4, 0.5) is 5.69 Å². The molecule has 3 N–H and O–H groups in total. The number of hydrogen-bond donors (Lipinski definition) is 2. The standard InChI is InChI=1S/C16H20N2OS2/c1-11(9-10-21(2)19)18-15-8-7-14(16(17)20)12-5-3-4-6-13(12)15/h3-8,11,18H,9-10H2,1-2H3,(H2,17,20). The molecule has 0 aliphatic carbocycles. The molecular formula is C16H20N2OS2. The third-order valence-corrected chi connectivity index (χ3v) is 4.46. The Kier molecular flexibility index (Phi) is 5.31. The smallest absolute Gasteiger partial charge is 0.104 e. The van der Waals surface area contributed by atoms with Crippen LogP contribution in [-0.2, 0) is 10.8 Å². The number of hydrogen-bond acceptors (Lipinski definition) is 3. The van der Waals surface area contributed by atoms with Gasteiger partial charge in [-0.1, -0.05) is 36.5 Å². The lowest BCUT2D eigenvalue weighted by Gasteiger charge is -2.17. The van der Waals surface area contributed by atoms with E-state index >= 15 is 0 Å². The van der Waals surface area contributed by atoms with Crippen molar-refractivity contribution >= 4 is 44.5 Å². The Balaban J connectivity index is 2.31. The Hall–Kier alpha value is -1.46. The third-order valence-electron chi connectivity index (χ3n) is 3.43. The van der Waals surface area contributed by atoms with Crippen LogP contribution in [-0.4, -0.2) is 27.2 Å². The second kappa shape index (κ2) is 7.00. The minimum absolute atomic E-state index is 0.257. The largest absolute Gasteiger partial charge is 0.389 e. The van der Waals surface area contributed by atoms with E-state index in [1.165, 1.54) is 0 Å². The lowest BCUT2D eigenvalue weighted by molar-refractivity contribution is 0.678. The fraction of sp³-hybridized carbons (Fsp3) is 0.312. The zero-order chi connectivity index (χ0) is 15.4. The predicted octanol–water partition coefficient (Wildman–Crippen LogP) is 3.04. The first-order valence-electron chi connectivity index (χ1n) is 6.87. The zero-order valence-corrected chi connectivity index (χ0v) is 13.9. The topological polar surface area (TPSA) is 55.1 Å². The molecular weight excluding hydrogens is 300 g/mol. The van der Waals surface area contributed by atoms with Crippen molar-refractivity contribution in [1.29, 1.82) is 0 Å². The van der Waals surface area contributed by atoms with Crippen LogP contribution in [0.3, 0.4) is 0 Å². The fourth-order valence-electron chi connectivity index (χ4n) is 2.32. The van der Waals surface area contributed by atoms with Gasteiger partial charge in [-0.05, 0) is 30.9 Å². The molecule has 0 amide bonds. The highest BCUT2D eigenvalue weighted by molar-refractivity contribution is 7.84. The number of thiocarbonyl (C=S) groups is 1. The van der Waals surface area contributed by atoms with Gasteiger partial charge in [0, 0.05) is 45.5 Å². The summed E-state index contributed by atoms with van der Waals surface area (Å²) in [7, 11) is -0.755. The van der Waals surface area contributed by atoms with Crippen LogP contribution in [0.15, 0.2) is 36.4 Å². The summed E-state index contributed by atoms with van der Waals surface area (Å²) < 4.78 is 11.2. The normalized spacial score (nSPS) is 13.8. The summed E-state index contributed by atoms with van der Waals surface area (Å²) in [5.74, 6) is 0.705. The van der Waals surface area contributed by atoms with Gasteiger partial charge < -0.3 is 11.1 Å². The molecule has 2 rings (SSSR count). The maximum absolute atomic E-state index is 11.2. The molecule has 5 heteroatoms. The first-order valence-corrected chi connectivity index (χ1v) is 9.00. The molecule has 112 valence electrons. The molecule has 21 heavy (non-hydrogen) atoms. The van der Waals surface area contributed by atoms with Crippen molar-refractivity contribution in [3.8, 4) is 0 Å². The van der Waals surface area contributed by atoms with Crippen molar-refractivity contribution in [1.82, 2.24) is 0 Å². The van der Waals surface area contributed by atoms with Crippen LogP contribution < -0.4 is 11.1 Å². The molecule has 2 atom stereocenters. The summed E-state index contributed by atoms with van der Waals surface area (Å²) in [6.45, 7) is 2.10. The number of nitrogens with one attached hydrogen (secondary N) is 1. The number of fused-ring (bicyclic) bond motifs is 1. The Morgan fingerprint density at radius 2 is 1.95 bits per heavy atom. The summed E-state index contributed by atoms with van der Waals surface area (Å²) in [6.07, 6.45) is 2.60. The summed E-state index contributed by atoms with van der Waals surface area (Å²) >= 11 is 5.11. The highest BCUT2D eigenvalue weighted by atomic mass is 32.2. The van der Waals surface area contributed by atoms with E-state index in [2.05, 4.69) is 18.3 Å². The van der Waals surface area contributed by atoms with Crippen LogP contribution in [0.1, 0.15) is 18.9 Å². The van der Waals surface area contributed by atoms with Crippen molar-refractivity contribution < 1.29 is 4.21 Å². The van der Waals surface area contributed by atoms with Gasteiger partial charge in [-0.25, -0.2) is 0 Å². The van der Waals surface area contributed by atoms with Gasteiger partial charge in [0.05, 0.1) is 0 Å². The van der Waals surface area contributed by atoms with E-state index in [9.17, 15) is 4.21 Å². The molecule has 3 nitrogen and oxygen atoms in total. The molecule has 2 aromatic rings. The van der Waals surface area contributed by atoms with Gasteiger partial charge in [-0.15, -0.1) is 0 Å². The van der Waals surface area contributed by atoms with E-state index in [0.717, 1.165) is 28.4 Å². The molecule has 0 aromatic heterocycles. The van der Waals surface area contributed by atoms with Crippen LogP contribution in [0.5, 0.6) is 0 Å².